The average Bonchev–Trinajstić information content (AvgIpc) is 3.00. The van der Waals surface area contributed by atoms with Crippen molar-refractivity contribution in [2.24, 2.45) is 0 Å². The minimum Gasteiger partial charge on any atom is -0.320 e. The van der Waals surface area contributed by atoms with E-state index in [1.165, 1.54) is 0 Å². The molecule has 0 aliphatic rings. The quantitative estimate of drug-likeness (QED) is 0.556. The number of nitrogens with zero attached hydrogens (tertiary/aromatic N) is 2. The van der Waals surface area contributed by atoms with Gasteiger partial charge < -0.3 is 5.32 Å². The number of hydrogen-bond acceptors (Lipinski definition) is 3. The van der Waals surface area contributed by atoms with Gasteiger partial charge in [-0.1, -0.05) is 35.5 Å². The summed E-state index contributed by atoms with van der Waals surface area (Å²) in [5, 5.41) is 7.93. The van der Waals surface area contributed by atoms with Gasteiger partial charge in [0.15, 0.2) is 5.69 Å². The molecule has 25 heavy (non-hydrogen) atoms. The monoisotopic (exact) mass is 435 g/mol. The number of rotatable bonds is 5. The van der Waals surface area contributed by atoms with E-state index in [0.717, 1.165) is 15.5 Å². The second-order valence-electron chi connectivity index (χ2n) is 5.19. The third kappa shape index (κ3) is 4.45. The predicted octanol–water partition coefficient (Wildman–Crippen LogP) is 5.72. The van der Waals surface area contributed by atoms with Crippen LogP contribution in [0, 0.1) is 0 Å². The van der Waals surface area contributed by atoms with E-state index in [-0.39, 0.29) is 5.91 Å². The van der Waals surface area contributed by atoms with Crippen LogP contribution in [-0.4, -0.2) is 15.7 Å². The molecule has 1 heterocycles. The number of amides is 1. The summed E-state index contributed by atoms with van der Waals surface area (Å²) in [6.45, 7) is 2.67. The smallest absolute Gasteiger partial charge is 0.277 e. The van der Waals surface area contributed by atoms with Gasteiger partial charge in [0.05, 0.1) is 10.2 Å². The summed E-state index contributed by atoms with van der Waals surface area (Å²) >= 11 is 10.9. The molecule has 0 aliphatic carbocycles. The molecule has 0 atom stereocenters. The molecule has 7 heteroatoms. The first-order valence-electron chi connectivity index (χ1n) is 7.63. The summed E-state index contributed by atoms with van der Waals surface area (Å²) in [6, 6.07) is 15.3. The van der Waals surface area contributed by atoms with Crippen molar-refractivity contribution in [2.75, 3.05) is 5.32 Å². The van der Waals surface area contributed by atoms with E-state index >= 15 is 0 Å². The third-order valence-electron chi connectivity index (χ3n) is 3.43. The first-order valence-corrected chi connectivity index (χ1v) is 9.62. The van der Waals surface area contributed by atoms with Crippen LogP contribution in [0.25, 0.3) is 0 Å². The van der Waals surface area contributed by atoms with Gasteiger partial charge in [-0.25, -0.2) is 0 Å². The summed E-state index contributed by atoms with van der Waals surface area (Å²) < 4.78 is 2.39. The lowest BCUT2D eigenvalue weighted by molar-refractivity contribution is 0.102. The maximum atomic E-state index is 12.6. The predicted molar refractivity (Wildman–Crippen MR) is 106 cm³/mol. The number of para-hydroxylation sites is 1. The highest BCUT2D eigenvalue weighted by atomic mass is 79.9. The molecule has 2 aromatic carbocycles. The summed E-state index contributed by atoms with van der Waals surface area (Å²) in [7, 11) is 0. The van der Waals surface area contributed by atoms with Gasteiger partial charge in [-0.05, 0) is 59.3 Å². The summed E-state index contributed by atoms with van der Waals surface area (Å²) in [5.41, 5.74) is 1.11. The Bertz CT molecular complexity index is 896. The second kappa shape index (κ2) is 8.08. The first kappa shape index (κ1) is 18.0. The van der Waals surface area contributed by atoms with Crippen LogP contribution in [0.15, 0.2) is 69.0 Å². The number of aryl methyl sites for hydroxylation is 1. The van der Waals surface area contributed by atoms with Crippen LogP contribution in [0.4, 0.5) is 5.69 Å². The highest BCUT2D eigenvalue weighted by Gasteiger charge is 2.16. The fraction of sp³-hybridized carbons (Fsp3) is 0.111. The number of benzene rings is 2. The largest absolute Gasteiger partial charge is 0.320 e. The van der Waals surface area contributed by atoms with Gasteiger partial charge in [0.1, 0.15) is 0 Å². The van der Waals surface area contributed by atoms with Crippen LogP contribution in [0.1, 0.15) is 17.4 Å². The van der Waals surface area contributed by atoms with E-state index in [2.05, 4.69) is 26.3 Å². The molecule has 0 fully saturated rings. The van der Waals surface area contributed by atoms with Gasteiger partial charge in [-0.2, -0.15) is 5.10 Å². The molecule has 0 aliphatic heterocycles. The fourth-order valence-corrected chi connectivity index (χ4v) is 3.71. The fourth-order valence-electron chi connectivity index (χ4n) is 2.18. The Morgan fingerprint density at radius 2 is 1.96 bits per heavy atom. The summed E-state index contributed by atoms with van der Waals surface area (Å²) in [4.78, 5) is 14.6. The SMILES string of the molecule is CCn1cc(Br)c(C(=O)Nc2ccccc2Sc2ccc(Cl)cc2)n1. The molecule has 1 aromatic heterocycles. The molecular formula is C18H15BrClN3OS. The number of halogens is 2. The van der Waals surface area contributed by atoms with Crippen molar-refractivity contribution in [1.82, 2.24) is 9.78 Å². The van der Waals surface area contributed by atoms with Crippen molar-refractivity contribution in [3.8, 4) is 0 Å². The molecular weight excluding hydrogens is 422 g/mol. The Labute approximate surface area is 163 Å². The molecule has 0 unspecified atom stereocenters. The van der Waals surface area contributed by atoms with Gasteiger partial charge in [0.25, 0.3) is 5.91 Å². The Balaban J connectivity index is 1.81. The van der Waals surface area contributed by atoms with Gasteiger partial charge in [0, 0.05) is 27.6 Å². The molecule has 0 saturated heterocycles. The van der Waals surface area contributed by atoms with E-state index < -0.39 is 0 Å². The van der Waals surface area contributed by atoms with Crippen molar-refractivity contribution in [1.29, 1.82) is 0 Å². The second-order valence-corrected chi connectivity index (χ2v) is 7.59. The number of carbonyl (C=O) groups excluding carboxylic acids is 1. The van der Waals surface area contributed by atoms with E-state index in [1.54, 1.807) is 22.6 Å². The van der Waals surface area contributed by atoms with Crippen LogP contribution < -0.4 is 5.32 Å². The Morgan fingerprint density at radius 1 is 1.24 bits per heavy atom. The lowest BCUT2D eigenvalue weighted by Crippen LogP contribution is -2.14. The Morgan fingerprint density at radius 3 is 2.64 bits per heavy atom. The lowest BCUT2D eigenvalue weighted by Gasteiger charge is -2.10. The normalized spacial score (nSPS) is 10.7. The van der Waals surface area contributed by atoms with Crippen LogP contribution in [0.3, 0.4) is 0 Å². The number of hydrogen-bond donors (Lipinski definition) is 1. The van der Waals surface area contributed by atoms with E-state index in [1.807, 2.05) is 55.5 Å². The lowest BCUT2D eigenvalue weighted by atomic mass is 10.3. The van der Waals surface area contributed by atoms with E-state index in [0.29, 0.717) is 21.7 Å². The van der Waals surface area contributed by atoms with Gasteiger partial charge in [-0.3, -0.25) is 9.48 Å². The first-order chi connectivity index (χ1) is 12.1. The third-order valence-corrected chi connectivity index (χ3v) is 5.35. The molecule has 1 N–H and O–H groups in total. The molecule has 0 spiro atoms. The van der Waals surface area contributed by atoms with E-state index in [4.69, 9.17) is 11.6 Å². The maximum absolute atomic E-state index is 12.6. The van der Waals surface area contributed by atoms with Gasteiger partial charge in [0.2, 0.25) is 0 Å². The molecule has 4 nitrogen and oxygen atoms in total. The topological polar surface area (TPSA) is 46.9 Å². The van der Waals surface area contributed by atoms with Gasteiger partial charge in [-0.15, -0.1) is 0 Å². The Hall–Kier alpha value is -1.76. The minimum atomic E-state index is -0.247. The Kier molecular flexibility index (Phi) is 5.83. The van der Waals surface area contributed by atoms with Gasteiger partial charge >= 0.3 is 0 Å². The molecule has 0 radical (unpaired) electrons. The van der Waals surface area contributed by atoms with Crippen molar-refractivity contribution >= 4 is 50.9 Å². The zero-order valence-corrected chi connectivity index (χ0v) is 16.5. The van der Waals surface area contributed by atoms with Crippen molar-refractivity contribution in [3.05, 3.63) is 69.9 Å². The molecule has 3 aromatic rings. The molecule has 0 saturated carbocycles. The number of nitrogens with one attached hydrogen (secondary N) is 1. The maximum Gasteiger partial charge on any atom is 0.277 e. The standard InChI is InChI=1S/C18H15BrClN3OS/c1-2-23-11-14(19)17(22-23)18(24)21-15-5-3-4-6-16(15)25-13-9-7-12(20)8-10-13/h3-11H,2H2,1H3,(H,21,24). The molecule has 1 amide bonds. The van der Waals surface area contributed by atoms with Crippen molar-refractivity contribution in [2.45, 2.75) is 23.3 Å². The van der Waals surface area contributed by atoms with Crippen LogP contribution >= 0.6 is 39.3 Å². The molecule has 3 rings (SSSR count). The number of anilines is 1. The van der Waals surface area contributed by atoms with Crippen LogP contribution in [-0.2, 0) is 6.54 Å². The molecule has 0 bridgehead atoms. The van der Waals surface area contributed by atoms with Crippen LogP contribution in [0.5, 0.6) is 0 Å². The number of carbonyl (C=O) groups is 1. The zero-order valence-electron chi connectivity index (χ0n) is 13.4. The molecule has 128 valence electrons. The average molecular weight is 437 g/mol. The van der Waals surface area contributed by atoms with Crippen LogP contribution in [0.2, 0.25) is 5.02 Å². The summed E-state index contributed by atoms with van der Waals surface area (Å²) in [5.74, 6) is -0.247. The number of aromatic nitrogens is 2. The highest BCUT2D eigenvalue weighted by molar-refractivity contribution is 9.10. The highest BCUT2D eigenvalue weighted by Crippen LogP contribution is 2.34. The minimum absolute atomic E-state index is 0.247. The summed E-state index contributed by atoms with van der Waals surface area (Å²) in [6.07, 6.45) is 1.79. The zero-order chi connectivity index (χ0) is 17.8. The van der Waals surface area contributed by atoms with Crippen molar-refractivity contribution in [3.63, 3.8) is 0 Å². The van der Waals surface area contributed by atoms with Crippen molar-refractivity contribution < 1.29 is 4.79 Å². The van der Waals surface area contributed by atoms with E-state index in [9.17, 15) is 4.79 Å².